The van der Waals surface area contributed by atoms with Crippen LogP contribution in [0.5, 0.6) is 0 Å². The fourth-order valence-electron chi connectivity index (χ4n) is 5.17. The Bertz CT molecular complexity index is 1510. The van der Waals surface area contributed by atoms with Crippen LogP contribution < -0.4 is 5.32 Å². The van der Waals surface area contributed by atoms with E-state index < -0.39 is 29.4 Å². The summed E-state index contributed by atoms with van der Waals surface area (Å²) < 4.78 is 44.7. The largest absolute Gasteiger partial charge is 0.330 e. The number of benzene rings is 2. The average Bonchev–Trinajstić information content (AvgIpc) is 2.91. The zero-order chi connectivity index (χ0) is 27.8. The van der Waals surface area contributed by atoms with Crippen molar-refractivity contribution in [2.75, 3.05) is 11.9 Å². The Morgan fingerprint density at radius 2 is 1.85 bits per heavy atom. The number of nitrogens with zero attached hydrogens (tertiary/aromatic N) is 2. The van der Waals surface area contributed by atoms with Gasteiger partial charge in [-0.25, -0.2) is 13.2 Å². The van der Waals surface area contributed by atoms with Crippen LogP contribution in [-0.4, -0.2) is 28.2 Å². The maximum Gasteiger partial charge on any atom is 0.247 e. The molecule has 2 aromatic carbocycles. The van der Waals surface area contributed by atoms with Gasteiger partial charge < -0.3 is 10.2 Å². The maximum absolute atomic E-state index is 15.1. The smallest absolute Gasteiger partial charge is 0.247 e. The summed E-state index contributed by atoms with van der Waals surface area (Å²) in [6, 6.07) is 8.08. The molecule has 0 radical (unpaired) electrons. The number of nitrogens with one attached hydrogen (secondary N) is 1. The number of aromatic nitrogens is 1. The van der Waals surface area contributed by atoms with Crippen molar-refractivity contribution in [3.8, 4) is 11.1 Å². The number of rotatable bonds is 2. The lowest BCUT2D eigenvalue weighted by Gasteiger charge is -2.34. The van der Waals surface area contributed by atoms with Gasteiger partial charge in [0.05, 0.1) is 22.4 Å². The molecule has 39 heavy (non-hydrogen) atoms. The van der Waals surface area contributed by atoms with Crippen LogP contribution >= 0.6 is 27.5 Å². The molecular weight excluding hydrogens is 595 g/mol. The van der Waals surface area contributed by atoms with E-state index in [-0.39, 0.29) is 40.2 Å². The summed E-state index contributed by atoms with van der Waals surface area (Å²) in [5.74, 6) is -3.74. The summed E-state index contributed by atoms with van der Waals surface area (Å²) >= 11 is 9.35. The van der Waals surface area contributed by atoms with Crippen molar-refractivity contribution in [3.63, 3.8) is 0 Å². The molecule has 5 rings (SSSR count). The van der Waals surface area contributed by atoms with Crippen LogP contribution in [0, 0.1) is 23.4 Å². The van der Waals surface area contributed by atoms with Crippen LogP contribution in [0.1, 0.15) is 49.9 Å². The van der Waals surface area contributed by atoms with Crippen LogP contribution in [0.15, 0.2) is 53.1 Å². The lowest BCUT2D eigenvalue weighted by atomic mass is 9.92. The van der Waals surface area contributed by atoms with Crippen molar-refractivity contribution in [2.45, 2.75) is 38.6 Å². The molecule has 0 saturated heterocycles. The van der Waals surface area contributed by atoms with Crippen molar-refractivity contribution in [1.82, 2.24) is 9.88 Å². The highest BCUT2D eigenvalue weighted by Crippen LogP contribution is 2.39. The minimum absolute atomic E-state index is 0.0357. The van der Waals surface area contributed by atoms with Gasteiger partial charge in [-0.05, 0) is 66.8 Å². The van der Waals surface area contributed by atoms with E-state index in [4.69, 9.17) is 11.6 Å². The van der Waals surface area contributed by atoms with Crippen molar-refractivity contribution in [1.29, 1.82) is 0 Å². The minimum Gasteiger partial charge on any atom is -0.330 e. The number of anilines is 1. The van der Waals surface area contributed by atoms with E-state index in [2.05, 4.69) is 26.2 Å². The molecule has 1 N–H and O–H groups in total. The summed E-state index contributed by atoms with van der Waals surface area (Å²) in [6.07, 6.45) is 4.89. The summed E-state index contributed by atoms with van der Waals surface area (Å²) in [6.45, 7) is 2.06. The van der Waals surface area contributed by atoms with Crippen molar-refractivity contribution >= 4 is 50.6 Å². The van der Waals surface area contributed by atoms with Gasteiger partial charge in [0.25, 0.3) is 0 Å². The highest BCUT2D eigenvalue weighted by Gasteiger charge is 2.31. The molecule has 2 bridgehead atoms. The fraction of sp³-hybridized carbons (Fsp3) is 0.276. The van der Waals surface area contributed by atoms with Crippen LogP contribution in [0.2, 0.25) is 5.02 Å². The fourth-order valence-corrected chi connectivity index (χ4v) is 5.89. The highest BCUT2D eigenvalue weighted by atomic mass is 79.9. The number of hydrogen-bond acceptors (Lipinski definition) is 3. The molecule has 3 heterocycles. The number of amides is 2. The predicted molar refractivity (Wildman–Crippen MR) is 147 cm³/mol. The predicted octanol–water partition coefficient (Wildman–Crippen LogP) is 7.70. The number of carbonyl (C=O) groups is 2. The van der Waals surface area contributed by atoms with E-state index in [0.29, 0.717) is 47.0 Å². The Balaban J connectivity index is 1.56. The molecule has 2 amide bonds. The Kier molecular flexibility index (Phi) is 7.82. The van der Waals surface area contributed by atoms with Crippen LogP contribution in [0.3, 0.4) is 0 Å². The van der Waals surface area contributed by atoms with E-state index in [1.165, 1.54) is 24.4 Å². The van der Waals surface area contributed by atoms with E-state index in [0.717, 1.165) is 6.07 Å². The molecule has 10 heteroatoms. The third-order valence-corrected chi connectivity index (χ3v) is 8.22. The maximum atomic E-state index is 15.1. The molecule has 3 aromatic rings. The first-order valence-electron chi connectivity index (χ1n) is 12.6. The van der Waals surface area contributed by atoms with E-state index >= 15 is 4.39 Å². The summed E-state index contributed by atoms with van der Waals surface area (Å²) in [5.41, 5.74) is 1.71. The number of carbonyl (C=O) groups excluding carboxylic acids is 2. The van der Waals surface area contributed by atoms with Gasteiger partial charge in [0.1, 0.15) is 5.82 Å². The zero-order valence-electron chi connectivity index (χ0n) is 20.9. The third-order valence-electron chi connectivity index (χ3n) is 7.27. The Morgan fingerprint density at radius 1 is 1.05 bits per heavy atom. The Morgan fingerprint density at radius 3 is 2.62 bits per heavy atom. The molecule has 0 saturated carbocycles. The lowest BCUT2D eigenvalue weighted by molar-refractivity contribution is -0.129. The highest BCUT2D eigenvalue weighted by molar-refractivity contribution is 9.10. The van der Waals surface area contributed by atoms with Crippen LogP contribution in [-0.2, 0) is 9.59 Å². The van der Waals surface area contributed by atoms with Gasteiger partial charge in [-0.15, -0.1) is 0 Å². The van der Waals surface area contributed by atoms with Gasteiger partial charge in [-0.3, -0.25) is 14.6 Å². The first-order chi connectivity index (χ1) is 18.7. The minimum atomic E-state index is -1.08. The summed E-state index contributed by atoms with van der Waals surface area (Å²) in [5, 5.41) is 2.70. The SMILES string of the molecule is C[C@@H]1CCC[C@H](N2CCC(c3c(Br)ccc(Cl)c3F)=CC2=O)c2cc(ccn2)-c2c(ccc(F)c2F)NC1=O. The van der Waals surface area contributed by atoms with E-state index in [1.807, 2.05) is 0 Å². The average molecular weight is 619 g/mol. The molecule has 2 aliphatic rings. The van der Waals surface area contributed by atoms with Crippen molar-refractivity contribution in [3.05, 3.63) is 86.9 Å². The summed E-state index contributed by atoms with van der Waals surface area (Å²) in [7, 11) is 0. The van der Waals surface area contributed by atoms with Crippen molar-refractivity contribution < 1.29 is 22.8 Å². The second kappa shape index (κ2) is 11.1. The zero-order valence-corrected chi connectivity index (χ0v) is 23.3. The standard InChI is InChI=1S/C29H24BrClF3N3O2/c1-15-3-2-4-23(37-12-10-17(14-24(37)38)25-18(30)5-6-19(31)27(25)33)22-13-16(9-11-35-22)26-21(36-29(15)39)8-7-20(32)28(26)34/h5-9,11,13-15,23H,2-4,10,12H2,1H3,(H,36,39)/t15-,23+/m1/s1. The molecule has 2 atom stereocenters. The Labute approximate surface area is 237 Å². The second-order valence-electron chi connectivity index (χ2n) is 9.76. The van der Waals surface area contributed by atoms with E-state index in [9.17, 15) is 18.4 Å². The molecule has 0 aliphatic carbocycles. The number of hydrogen-bond donors (Lipinski definition) is 1. The molecule has 0 fully saturated rings. The normalized spacial score (nSPS) is 19.9. The molecule has 0 spiro atoms. The van der Waals surface area contributed by atoms with Crippen LogP contribution in [0.4, 0.5) is 18.9 Å². The van der Waals surface area contributed by atoms with Crippen LogP contribution in [0.25, 0.3) is 16.7 Å². The molecule has 1 aromatic heterocycles. The molecule has 5 nitrogen and oxygen atoms in total. The quantitative estimate of drug-likeness (QED) is 0.300. The number of halogens is 5. The van der Waals surface area contributed by atoms with Gasteiger partial charge in [-0.2, -0.15) is 0 Å². The van der Waals surface area contributed by atoms with Gasteiger partial charge >= 0.3 is 0 Å². The van der Waals surface area contributed by atoms with Gasteiger partial charge in [0, 0.05) is 40.3 Å². The molecule has 2 aliphatic heterocycles. The first-order valence-corrected chi connectivity index (χ1v) is 13.7. The number of fused-ring (bicyclic) bond motifs is 4. The number of pyridine rings is 1. The Hall–Kier alpha value is -3.17. The third kappa shape index (κ3) is 5.34. The molecule has 202 valence electrons. The van der Waals surface area contributed by atoms with Gasteiger partial charge in [0.15, 0.2) is 11.6 Å². The summed E-state index contributed by atoms with van der Waals surface area (Å²) in [4.78, 5) is 32.4. The van der Waals surface area contributed by atoms with Gasteiger partial charge in [-0.1, -0.05) is 40.9 Å². The lowest BCUT2D eigenvalue weighted by Crippen LogP contribution is -2.38. The molecular formula is C29H24BrClF3N3O2. The van der Waals surface area contributed by atoms with Crippen molar-refractivity contribution in [2.24, 2.45) is 5.92 Å². The molecule has 0 unspecified atom stereocenters. The second-order valence-corrected chi connectivity index (χ2v) is 11.0. The van der Waals surface area contributed by atoms with E-state index in [1.54, 1.807) is 30.0 Å². The first kappa shape index (κ1) is 27.4. The monoisotopic (exact) mass is 617 g/mol. The van der Waals surface area contributed by atoms with Gasteiger partial charge in [0.2, 0.25) is 11.8 Å². The topological polar surface area (TPSA) is 62.3 Å².